The molecule has 1 aliphatic heterocycles. The van der Waals surface area contributed by atoms with Crippen molar-refractivity contribution in [2.24, 2.45) is 0 Å². The molecule has 0 saturated heterocycles. The first-order valence-corrected chi connectivity index (χ1v) is 11.4. The summed E-state index contributed by atoms with van der Waals surface area (Å²) in [6, 6.07) is 7.68. The predicted octanol–water partition coefficient (Wildman–Crippen LogP) is 5.53. The summed E-state index contributed by atoms with van der Waals surface area (Å²) in [5.41, 5.74) is 0.375. The van der Waals surface area contributed by atoms with Gasteiger partial charge in [-0.2, -0.15) is 13.2 Å². The first-order chi connectivity index (χ1) is 14.1. The summed E-state index contributed by atoms with van der Waals surface area (Å²) in [7, 11) is -3.86. The van der Waals surface area contributed by atoms with Crippen LogP contribution in [0.4, 0.5) is 18.3 Å². The summed E-state index contributed by atoms with van der Waals surface area (Å²) in [4.78, 5) is 3.90. The number of halogens is 4. The Morgan fingerprint density at radius 2 is 1.93 bits per heavy atom. The Bertz CT molecular complexity index is 1180. The highest BCUT2D eigenvalue weighted by Crippen LogP contribution is 2.43. The Hall–Kier alpha value is -2.30. The van der Waals surface area contributed by atoms with E-state index in [4.69, 9.17) is 16.3 Å². The van der Waals surface area contributed by atoms with Gasteiger partial charge in [0.15, 0.2) is 5.13 Å². The number of nitrogens with zero attached hydrogens (tertiary/aromatic N) is 1. The molecule has 0 bridgehead atoms. The lowest BCUT2D eigenvalue weighted by atomic mass is 9.86. The van der Waals surface area contributed by atoms with Crippen molar-refractivity contribution in [2.45, 2.75) is 23.4 Å². The van der Waals surface area contributed by atoms with Gasteiger partial charge in [-0.1, -0.05) is 23.7 Å². The quantitative estimate of drug-likeness (QED) is 0.539. The fourth-order valence-corrected chi connectivity index (χ4v) is 5.41. The molecule has 0 radical (unpaired) electrons. The zero-order chi connectivity index (χ0) is 21.5. The highest BCUT2D eigenvalue weighted by Gasteiger charge is 2.33. The monoisotopic (exact) mass is 474 g/mol. The Balaban J connectivity index is 1.67. The van der Waals surface area contributed by atoms with Crippen LogP contribution in [0.5, 0.6) is 5.75 Å². The minimum atomic E-state index is -4.48. The van der Waals surface area contributed by atoms with Crippen molar-refractivity contribution in [2.75, 3.05) is 11.3 Å². The molecule has 158 valence electrons. The summed E-state index contributed by atoms with van der Waals surface area (Å²) in [5.74, 6) is 0.0384. The van der Waals surface area contributed by atoms with Crippen LogP contribution in [-0.4, -0.2) is 20.0 Å². The van der Waals surface area contributed by atoms with Gasteiger partial charge in [0.1, 0.15) is 5.75 Å². The fraction of sp³-hybridized carbons (Fsp3) is 0.211. The van der Waals surface area contributed by atoms with E-state index < -0.39 is 21.8 Å². The van der Waals surface area contributed by atoms with Gasteiger partial charge in [0.2, 0.25) is 0 Å². The van der Waals surface area contributed by atoms with Gasteiger partial charge < -0.3 is 4.74 Å². The molecular weight excluding hydrogens is 461 g/mol. The number of nitrogens with one attached hydrogen (secondary N) is 1. The summed E-state index contributed by atoms with van der Waals surface area (Å²) in [6.45, 7) is 0.276. The molecule has 0 saturated carbocycles. The fourth-order valence-electron chi connectivity index (χ4n) is 3.29. The molecule has 4 rings (SSSR count). The van der Waals surface area contributed by atoms with Crippen LogP contribution in [0.25, 0.3) is 0 Å². The molecule has 5 nitrogen and oxygen atoms in total. The second-order valence-electron chi connectivity index (χ2n) is 6.57. The molecular formula is C19H14ClF3N2O3S2. The third-order valence-electron chi connectivity index (χ3n) is 4.69. The smallest absolute Gasteiger partial charge is 0.416 e. The third kappa shape index (κ3) is 4.12. The van der Waals surface area contributed by atoms with Gasteiger partial charge in [-0.3, -0.25) is 4.72 Å². The van der Waals surface area contributed by atoms with Crippen LogP contribution in [0.15, 0.2) is 52.9 Å². The number of hydrogen-bond donors (Lipinski definition) is 1. The highest BCUT2D eigenvalue weighted by molar-refractivity contribution is 7.93. The van der Waals surface area contributed by atoms with Gasteiger partial charge >= 0.3 is 6.18 Å². The maximum Gasteiger partial charge on any atom is 0.416 e. The van der Waals surface area contributed by atoms with E-state index in [1.54, 1.807) is 11.4 Å². The molecule has 1 atom stereocenters. The predicted molar refractivity (Wildman–Crippen MR) is 108 cm³/mol. The summed E-state index contributed by atoms with van der Waals surface area (Å²) in [5, 5.41) is 1.89. The third-order valence-corrected chi connectivity index (χ3v) is 7.17. The normalized spacial score (nSPS) is 16.6. The second-order valence-corrected chi connectivity index (χ2v) is 9.55. The van der Waals surface area contributed by atoms with Crippen molar-refractivity contribution in [3.05, 3.63) is 69.7 Å². The minimum absolute atomic E-state index is 0.00406. The molecule has 1 aliphatic rings. The second kappa shape index (κ2) is 7.75. The molecule has 30 heavy (non-hydrogen) atoms. The lowest BCUT2D eigenvalue weighted by Crippen LogP contribution is -2.18. The lowest BCUT2D eigenvalue weighted by molar-refractivity contribution is -0.137. The van der Waals surface area contributed by atoms with Crippen LogP contribution < -0.4 is 9.46 Å². The van der Waals surface area contributed by atoms with Gasteiger partial charge in [-0.15, -0.1) is 11.3 Å². The van der Waals surface area contributed by atoms with Gasteiger partial charge in [-0.25, -0.2) is 13.4 Å². The van der Waals surface area contributed by atoms with E-state index in [1.165, 1.54) is 24.4 Å². The maximum atomic E-state index is 12.9. The molecule has 0 aliphatic carbocycles. The number of rotatable bonds is 4. The van der Waals surface area contributed by atoms with Gasteiger partial charge in [0, 0.05) is 34.1 Å². The highest BCUT2D eigenvalue weighted by atomic mass is 35.5. The van der Waals surface area contributed by atoms with E-state index in [2.05, 4.69) is 9.71 Å². The van der Waals surface area contributed by atoms with Gasteiger partial charge in [0.25, 0.3) is 10.0 Å². The summed E-state index contributed by atoms with van der Waals surface area (Å²) < 4.78 is 72.0. The largest absolute Gasteiger partial charge is 0.493 e. The van der Waals surface area contributed by atoms with Gasteiger partial charge in [-0.05, 0) is 30.2 Å². The molecule has 1 unspecified atom stereocenters. The molecule has 2 heterocycles. The zero-order valence-corrected chi connectivity index (χ0v) is 17.5. The molecule has 0 amide bonds. The number of anilines is 1. The average molecular weight is 475 g/mol. The van der Waals surface area contributed by atoms with Crippen molar-refractivity contribution in [1.29, 1.82) is 0 Å². The van der Waals surface area contributed by atoms with E-state index in [-0.39, 0.29) is 27.6 Å². The van der Waals surface area contributed by atoms with E-state index >= 15 is 0 Å². The van der Waals surface area contributed by atoms with Crippen molar-refractivity contribution in [3.8, 4) is 5.75 Å². The first kappa shape index (κ1) is 21.0. The Kier molecular flexibility index (Phi) is 5.41. The standard InChI is InChI=1S/C19H14ClF3N2O3S2/c20-16-9-11(19(21,22)23)1-3-14(16)13-5-7-28-17-10-12(2-4-15(13)17)30(26,27)25-18-24-6-8-29-18/h1-4,6,8-10,13H,5,7H2,(H,24,25). The summed E-state index contributed by atoms with van der Waals surface area (Å²) in [6.07, 6.45) is -2.50. The van der Waals surface area contributed by atoms with Crippen LogP contribution >= 0.6 is 22.9 Å². The van der Waals surface area contributed by atoms with Crippen LogP contribution in [0.2, 0.25) is 5.02 Å². The van der Waals surface area contributed by atoms with Crippen LogP contribution in [0.1, 0.15) is 29.0 Å². The molecule has 2 aromatic carbocycles. The average Bonchev–Trinajstić information content (AvgIpc) is 3.18. The van der Waals surface area contributed by atoms with E-state index in [9.17, 15) is 21.6 Å². The molecule has 0 spiro atoms. The van der Waals surface area contributed by atoms with Crippen LogP contribution in [0, 0.1) is 0 Å². The molecule has 0 fully saturated rings. The molecule has 1 N–H and O–H groups in total. The van der Waals surface area contributed by atoms with Crippen molar-refractivity contribution in [3.63, 3.8) is 0 Å². The van der Waals surface area contributed by atoms with E-state index in [1.807, 2.05) is 0 Å². The van der Waals surface area contributed by atoms with Crippen molar-refractivity contribution in [1.82, 2.24) is 4.98 Å². The van der Waals surface area contributed by atoms with Gasteiger partial charge in [0.05, 0.1) is 17.1 Å². The number of hydrogen-bond acceptors (Lipinski definition) is 5. The van der Waals surface area contributed by atoms with Crippen molar-refractivity contribution < 1.29 is 26.3 Å². The molecule has 3 aromatic rings. The van der Waals surface area contributed by atoms with Crippen LogP contribution in [-0.2, 0) is 16.2 Å². The SMILES string of the molecule is O=S(=O)(Nc1nccs1)c1ccc2c(c1)OCCC2c1ccc(C(F)(F)F)cc1Cl. The number of aromatic nitrogens is 1. The Labute approximate surface area is 179 Å². The first-order valence-electron chi connectivity index (χ1n) is 8.71. The number of ether oxygens (including phenoxy) is 1. The van der Waals surface area contributed by atoms with Crippen molar-refractivity contribution >= 4 is 38.1 Å². The molecule has 11 heteroatoms. The number of sulfonamides is 1. The maximum absolute atomic E-state index is 12.9. The number of alkyl halides is 3. The lowest BCUT2D eigenvalue weighted by Gasteiger charge is -2.27. The Morgan fingerprint density at radius 1 is 1.17 bits per heavy atom. The number of fused-ring (bicyclic) bond motifs is 1. The number of benzene rings is 2. The Morgan fingerprint density at radius 3 is 2.60 bits per heavy atom. The topological polar surface area (TPSA) is 68.3 Å². The van der Waals surface area contributed by atoms with E-state index in [0.29, 0.717) is 23.3 Å². The minimum Gasteiger partial charge on any atom is -0.493 e. The van der Waals surface area contributed by atoms with Crippen LogP contribution in [0.3, 0.4) is 0 Å². The number of thiazole rings is 1. The molecule has 1 aromatic heterocycles. The summed E-state index contributed by atoms with van der Waals surface area (Å²) >= 11 is 7.31. The zero-order valence-electron chi connectivity index (χ0n) is 15.1. The van der Waals surface area contributed by atoms with E-state index in [0.717, 1.165) is 23.5 Å².